The highest BCUT2D eigenvalue weighted by molar-refractivity contribution is 7.13. The highest BCUT2D eigenvalue weighted by atomic mass is 32.1. The first-order valence-electron chi connectivity index (χ1n) is 10.4. The number of ether oxygens (including phenoxy) is 1. The van der Waals surface area contributed by atoms with Crippen LogP contribution in [0.15, 0.2) is 53.9 Å². The fraction of sp³-hybridized carbons (Fsp3) is 0.292. The number of piperazine rings is 1. The van der Waals surface area contributed by atoms with Gasteiger partial charge in [0.1, 0.15) is 22.6 Å². The number of halogens is 1. The lowest BCUT2D eigenvalue weighted by Crippen LogP contribution is -2.51. The molecule has 0 saturated carbocycles. The second kappa shape index (κ2) is 9.58. The first kappa shape index (κ1) is 22.1. The summed E-state index contributed by atoms with van der Waals surface area (Å²) in [6.07, 6.45) is 0. The second-order valence-electron chi connectivity index (χ2n) is 7.71. The van der Waals surface area contributed by atoms with Crippen molar-refractivity contribution in [1.82, 2.24) is 14.8 Å². The maximum atomic E-state index is 13.3. The van der Waals surface area contributed by atoms with E-state index < -0.39 is 12.0 Å². The van der Waals surface area contributed by atoms with Crippen LogP contribution in [0.3, 0.4) is 0 Å². The van der Waals surface area contributed by atoms with Gasteiger partial charge in [0.15, 0.2) is 0 Å². The van der Waals surface area contributed by atoms with Crippen molar-refractivity contribution in [2.75, 3.05) is 33.3 Å². The van der Waals surface area contributed by atoms with E-state index in [9.17, 15) is 14.0 Å². The number of rotatable bonds is 5. The van der Waals surface area contributed by atoms with Crippen LogP contribution >= 0.6 is 11.3 Å². The van der Waals surface area contributed by atoms with Gasteiger partial charge >= 0.3 is 5.97 Å². The zero-order valence-electron chi connectivity index (χ0n) is 18.0. The van der Waals surface area contributed by atoms with Gasteiger partial charge in [-0.1, -0.05) is 42.0 Å². The predicted octanol–water partition coefficient (Wildman–Crippen LogP) is 3.93. The minimum atomic E-state index is -0.634. The van der Waals surface area contributed by atoms with E-state index in [1.165, 1.54) is 36.1 Å². The number of esters is 1. The van der Waals surface area contributed by atoms with Crippen molar-refractivity contribution < 1.29 is 18.7 Å². The number of aromatic nitrogens is 1. The number of aryl methyl sites for hydroxylation is 1. The molecule has 1 fully saturated rings. The molecule has 1 saturated heterocycles. The summed E-state index contributed by atoms with van der Waals surface area (Å²) in [5.41, 5.74) is 3.26. The van der Waals surface area contributed by atoms with E-state index in [1.54, 1.807) is 22.4 Å². The third kappa shape index (κ3) is 4.71. The lowest BCUT2D eigenvalue weighted by atomic mass is 10.0. The summed E-state index contributed by atoms with van der Waals surface area (Å²) in [4.78, 5) is 33.7. The topological polar surface area (TPSA) is 62.7 Å². The summed E-state index contributed by atoms with van der Waals surface area (Å²) in [6, 6.07) is 13.3. The maximum Gasteiger partial charge on any atom is 0.327 e. The number of carbonyl (C=O) groups excluding carboxylic acids is 2. The molecule has 166 valence electrons. The Kier molecular flexibility index (Phi) is 6.62. The monoisotopic (exact) mass is 453 g/mol. The Hall–Kier alpha value is -3.10. The van der Waals surface area contributed by atoms with Gasteiger partial charge in [-0.2, -0.15) is 0 Å². The number of amides is 1. The summed E-state index contributed by atoms with van der Waals surface area (Å²) < 4.78 is 18.3. The van der Waals surface area contributed by atoms with Gasteiger partial charge in [0.2, 0.25) is 0 Å². The summed E-state index contributed by atoms with van der Waals surface area (Å²) >= 11 is 1.45. The Bertz CT molecular complexity index is 1090. The fourth-order valence-electron chi connectivity index (χ4n) is 3.80. The molecule has 0 radical (unpaired) electrons. The average molecular weight is 454 g/mol. The van der Waals surface area contributed by atoms with Crippen LogP contribution in [-0.2, 0) is 9.53 Å². The Morgan fingerprint density at radius 3 is 2.31 bits per heavy atom. The number of hydrogen-bond acceptors (Lipinski definition) is 6. The molecule has 2 heterocycles. The molecule has 3 aromatic rings. The molecule has 1 atom stereocenters. The van der Waals surface area contributed by atoms with Crippen molar-refractivity contribution in [3.05, 3.63) is 76.5 Å². The molecule has 2 aromatic carbocycles. The molecule has 1 aliphatic heterocycles. The van der Waals surface area contributed by atoms with Gasteiger partial charge in [-0.25, -0.2) is 14.2 Å². The number of methoxy groups -OCH3 is 1. The standard InChI is InChI=1S/C24H24FN3O3S/c1-16-3-5-18(6-4-16)22-26-20(15-32-22)23(29)28-13-11-27(12-14-28)21(24(30)31-2)17-7-9-19(25)10-8-17/h3-10,15,21H,11-14H2,1-2H3/t21-/m0/s1. The third-order valence-electron chi connectivity index (χ3n) is 5.60. The van der Waals surface area contributed by atoms with E-state index >= 15 is 0 Å². The van der Waals surface area contributed by atoms with Gasteiger partial charge in [0, 0.05) is 37.1 Å². The maximum absolute atomic E-state index is 13.3. The first-order valence-corrected chi connectivity index (χ1v) is 11.2. The van der Waals surface area contributed by atoms with Gasteiger partial charge in [-0.05, 0) is 24.6 Å². The van der Waals surface area contributed by atoms with E-state index in [1.807, 2.05) is 36.1 Å². The van der Waals surface area contributed by atoms with Gasteiger partial charge in [-0.3, -0.25) is 9.69 Å². The molecule has 0 aliphatic carbocycles. The molecule has 6 nitrogen and oxygen atoms in total. The Labute approximate surface area is 190 Å². The molecule has 32 heavy (non-hydrogen) atoms. The lowest BCUT2D eigenvalue weighted by molar-refractivity contribution is -0.148. The van der Waals surface area contributed by atoms with Crippen molar-refractivity contribution in [3.8, 4) is 10.6 Å². The molecular weight excluding hydrogens is 429 g/mol. The molecular formula is C24H24FN3O3S. The second-order valence-corrected chi connectivity index (χ2v) is 8.57. The van der Waals surface area contributed by atoms with Gasteiger partial charge < -0.3 is 9.64 Å². The van der Waals surface area contributed by atoms with E-state index in [0.29, 0.717) is 37.4 Å². The van der Waals surface area contributed by atoms with Crippen molar-refractivity contribution in [2.45, 2.75) is 13.0 Å². The van der Waals surface area contributed by atoms with Gasteiger partial charge in [0.25, 0.3) is 5.91 Å². The molecule has 1 aliphatic rings. The largest absolute Gasteiger partial charge is 0.468 e. The van der Waals surface area contributed by atoms with Crippen LogP contribution in [0, 0.1) is 12.7 Å². The smallest absolute Gasteiger partial charge is 0.327 e. The fourth-order valence-corrected chi connectivity index (χ4v) is 4.60. The zero-order chi connectivity index (χ0) is 22.7. The third-order valence-corrected chi connectivity index (χ3v) is 6.49. The summed E-state index contributed by atoms with van der Waals surface area (Å²) in [6.45, 7) is 3.95. The summed E-state index contributed by atoms with van der Waals surface area (Å²) in [5, 5.41) is 2.61. The first-order chi connectivity index (χ1) is 15.5. The minimum absolute atomic E-state index is 0.115. The molecule has 0 unspecified atom stereocenters. The normalized spacial score (nSPS) is 15.4. The van der Waals surface area contributed by atoms with Crippen LogP contribution in [0.5, 0.6) is 0 Å². The molecule has 8 heteroatoms. The van der Waals surface area contributed by atoms with E-state index in [-0.39, 0.29) is 11.7 Å². The molecule has 0 N–H and O–H groups in total. The van der Waals surface area contributed by atoms with Crippen molar-refractivity contribution in [2.24, 2.45) is 0 Å². The molecule has 0 spiro atoms. The predicted molar refractivity (Wildman–Crippen MR) is 121 cm³/mol. The molecule has 1 amide bonds. The number of hydrogen-bond donors (Lipinski definition) is 0. The molecule has 0 bridgehead atoms. The van der Waals surface area contributed by atoms with Crippen LogP contribution in [0.2, 0.25) is 0 Å². The zero-order valence-corrected chi connectivity index (χ0v) is 18.8. The van der Waals surface area contributed by atoms with E-state index in [2.05, 4.69) is 4.98 Å². The number of nitrogens with zero attached hydrogens (tertiary/aromatic N) is 3. The average Bonchev–Trinajstić information content (AvgIpc) is 3.31. The van der Waals surface area contributed by atoms with Crippen LogP contribution in [0.1, 0.15) is 27.7 Å². The van der Waals surface area contributed by atoms with Crippen LogP contribution < -0.4 is 0 Å². The van der Waals surface area contributed by atoms with Gasteiger partial charge in [-0.15, -0.1) is 11.3 Å². The van der Waals surface area contributed by atoms with Crippen molar-refractivity contribution >= 4 is 23.2 Å². The number of benzene rings is 2. The lowest BCUT2D eigenvalue weighted by Gasteiger charge is -2.38. The highest BCUT2D eigenvalue weighted by Gasteiger charge is 2.33. The Morgan fingerprint density at radius 2 is 1.69 bits per heavy atom. The quantitative estimate of drug-likeness (QED) is 0.548. The van der Waals surface area contributed by atoms with E-state index in [0.717, 1.165) is 10.6 Å². The molecule has 4 rings (SSSR count). The Balaban J connectivity index is 1.43. The highest BCUT2D eigenvalue weighted by Crippen LogP contribution is 2.27. The van der Waals surface area contributed by atoms with Gasteiger partial charge in [0.05, 0.1) is 7.11 Å². The van der Waals surface area contributed by atoms with Crippen LogP contribution in [0.25, 0.3) is 10.6 Å². The minimum Gasteiger partial charge on any atom is -0.468 e. The number of carbonyl (C=O) groups is 2. The Morgan fingerprint density at radius 1 is 1.03 bits per heavy atom. The van der Waals surface area contributed by atoms with Crippen molar-refractivity contribution in [3.63, 3.8) is 0 Å². The van der Waals surface area contributed by atoms with Crippen LogP contribution in [0.4, 0.5) is 4.39 Å². The van der Waals surface area contributed by atoms with E-state index in [4.69, 9.17) is 4.74 Å². The summed E-state index contributed by atoms with van der Waals surface area (Å²) in [7, 11) is 1.34. The summed E-state index contributed by atoms with van der Waals surface area (Å²) in [5.74, 6) is -0.879. The van der Waals surface area contributed by atoms with Crippen molar-refractivity contribution in [1.29, 1.82) is 0 Å². The van der Waals surface area contributed by atoms with Crippen LogP contribution in [-0.4, -0.2) is 59.9 Å². The molecule has 1 aromatic heterocycles. The SMILES string of the molecule is COC(=O)[C@H](c1ccc(F)cc1)N1CCN(C(=O)c2csc(-c3ccc(C)cc3)n2)CC1. The number of thiazole rings is 1.